The lowest BCUT2D eigenvalue weighted by atomic mass is 9.97. The molecular formula is C12H13FN2S. The molecule has 2 rings (SSSR count). The van der Waals surface area contributed by atoms with Crippen LogP contribution in [0.1, 0.15) is 12.8 Å². The zero-order valence-electron chi connectivity index (χ0n) is 8.87. The van der Waals surface area contributed by atoms with Crippen molar-refractivity contribution >= 4 is 17.4 Å². The normalized spacial score (nSPS) is 24.8. The van der Waals surface area contributed by atoms with E-state index in [0.717, 1.165) is 24.3 Å². The molecule has 84 valence electrons. The molecule has 0 amide bonds. The fourth-order valence-electron chi connectivity index (χ4n) is 1.83. The third kappa shape index (κ3) is 2.30. The van der Waals surface area contributed by atoms with Gasteiger partial charge in [0.15, 0.2) is 0 Å². The van der Waals surface area contributed by atoms with E-state index in [4.69, 9.17) is 0 Å². The molecule has 2 nitrogen and oxygen atoms in total. The minimum atomic E-state index is -0.606. The fourth-order valence-corrected chi connectivity index (χ4v) is 2.95. The molecule has 1 unspecified atom stereocenters. The smallest absolute Gasteiger partial charge is 0.146 e. The van der Waals surface area contributed by atoms with Crippen molar-refractivity contribution in [1.29, 1.82) is 5.26 Å². The third-order valence-electron chi connectivity index (χ3n) is 2.70. The van der Waals surface area contributed by atoms with E-state index >= 15 is 0 Å². The van der Waals surface area contributed by atoms with Gasteiger partial charge in [-0.05, 0) is 30.7 Å². The molecule has 1 N–H and O–H groups in total. The topological polar surface area (TPSA) is 35.8 Å². The van der Waals surface area contributed by atoms with Crippen LogP contribution in [-0.4, -0.2) is 17.0 Å². The lowest BCUT2D eigenvalue weighted by Gasteiger charge is -2.32. The molecule has 1 aromatic rings. The lowest BCUT2D eigenvalue weighted by molar-refractivity contribution is 0.564. The minimum absolute atomic E-state index is 0.298. The van der Waals surface area contributed by atoms with Gasteiger partial charge >= 0.3 is 0 Å². The first-order valence-corrected chi connectivity index (χ1v) is 6.43. The Morgan fingerprint density at radius 3 is 2.88 bits per heavy atom. The largest absolute Gasteiger partial charge is 0.364 e. The Kier molecular flexibility index (Phi) is 3.35. The molecule has 0 bridgehead atoms. The predicted molar refractivity (Wildman–Crippen MR) is 64.9 cm³/mol. The van der Waals surface area contributed by atoms with Crippen LogP contribution in [0.25, 0.3) is 0 Å². The second-order valence-corrected chi connectivity index (χ2v) is 5.06. The van der Waals surface area contributed by atoms with Gasteiger partial charge in [-0.1, -0.05) is 12.1 Å². The highest BCUT2D eigenvalue weighted by atomic mass is 32.2. The van der Waals surface area contributed by atoms with Crippen molar-refractivity contribution in [3.05, 3.63) is 30.1 Å². The van der Waals surface area contributed by atoms with Crippen LogP contribution in [0, 0.1) is 17.1 Å². The molecule has 1 aliphatic heterocycles. The van der Waals surface area contributed by atoms with Gasteiger partial charge in [0.1, 0.15) is 11.4 Å². The van der Waals surface area contributed by atoms with Crippen LogP contribution in [0.3, 0.4) is 0 Å². The molecule has 0 radical (unpaired) electrons. The maximum atomic E-state index is 13.5. The summed E-state index contributed by atoms with van der Waals surface area (Å²) in [5.41, 5.74) is -0.183. The van der Waals surface area contributed by atoms with Crippen molar-refractivity contribution in [2.45, 2.75) is 18.4 Å². The number of nitriles is 1. The zero-order chi connectivity index (χ0) is 11.4. The summed E-state index contributed by atoms with van der Waals surface area (Å²) in [4.78, 5) is 0. The number of anilines is 1. The number of benzene rings is 1. The molecule has 1 aromatic carbocycles. The van der Waals surface area contributed by atoms with Gasteiger partial charge in [-0.2, -0.15) is 17.0 Å². The Morgan fingerprint density at radius 2 is 2.25 bits per heavy atom. The van der Waals surface area contributed by atoms with E-state index in [2.05, 4.69) is 11.4 Å². The van der Waals surface area contributed by atoms with Crippen molar-refractivity contribution < 1.29 is 4.39 Å². The Labute approximate surface area is 98.8 Å². The van der Waals surface area contributed by atoms with Crippen molar-refractivity contribution in [2.75, 3.05) is 16.8 Å². The van der Waals surface area contributed by atoms with Crippen LogP contribution in [0.5, 0.6) is 0 Å². The van der Waals surface area contributed by atoms with Crippen molar-refractivity contribution in [2.24, 2.45) is 0 Å². The Morgan fingerprint density at radius 1 is 1.44 bits per heavy atom. The van der Waals surface area contributed by atoms with Crippen molar-refractivity contribution in [3.8, 4) is 6.07 Å². The summed E-state index contributed by atoms with van der Waals surface area (Å²) in [6.45, 7) is 0. The fraction of sp³-hybridized carbons (Fsp3) is 0.417. The molecule has 0 saturated carbocycles. The molecule has 0 spiro atoms. The Balaban J connectivity index is 2.19. The van der Waals surface area contributed by atoms with Gasteiger partial charge in [-0.15, -0.1) is 0 Å². The molecule has 0 aromatic heterocycles. The summed E-state index contributed by atoms with van der Waals surface area (Å²) in [5.74, 6) is 1.51. The molecule has 16 heavy (non-hydrogen) atoms. The number of hydrogen-bond acceptors (Lipinski definition) is 3. The number of para-hydroxylation sites is 1. The van der Waals surface area contributed by atoms with Crippen molar-refractivity contribution in [1.82, 2.24) is 0 Å². The van der Waals surface area contributed by atoms with Crippen LogP contribution in [0.2, 0.25) is 0 Å². The molecule has 1 saturated heterocycles. The third-order valence-corrected chi connectivity index (χ3v) is 3.98. The molecule has 4 heteroatoms. The van der Waals surface area contributed by atoms with Gasteiger partial charge in [0, 0.05) is 5.75 Å². The van der Waals surface area contributed by atoms with E-state index in [1.807, 2.05) is 0 Å². The van der Waals surface area contributed by atoms with E-state index in [1.165, 1.54) is 6.07 Å². The lowest BCUT2D eigenvalue weighted by Crippen LogP contribution is -2.42. The summed E-state index contributed by atoms with van der Waals surface area (Å²) >= 11 is 1.74. The maximum absolute atomic E-state index is 13.5. The van der Waals surface area contributed by atoms with Crippen LogP contribution in [0.15, 0.2) is 24.3 Å². The number of nitrogens with zero attached hydrogens (tertiary/aromatic N) is 1. The summed E-state index contributed by atoms with van der Waals surface area (Å²) in [7, 11) is 0. The van der Waals surface area contributed by atoms with Crippen LogP contribution in [0.4, 0.5) is 10.1 Å². The highest BCUT2D eigenvalue weighted by molar-refractivity contribution is 7.99. The second kappa shape index (κ2) is 4.75. The molecule has 1 heterocycles. The summed E-state index contributed by atoms with van der Waals surface area (Å²) < 4.78 is 13.5. The molecular weight excluding hydrogens is 223 g/mol. The summed E-state index contributed by atoms with van der Waals surface area (Å²) in [5, 5.41) is 12.3. The average molecular weight is 236 g/mol. The number of halogens is 1. The van der Waals surface area contributed by atoms with E-state index in [-0.39, 0.29) is 5.82 Å². The first-order valence-electron chi connectivity index (χ1n) is 5.27. The predicted octanol–water partition coefficient (Wildman–Crippen LogP) is 3.03. The zero-order valence-corrected chi connectivity index (χ0v) is 9.69. The Hall–Kier alpha value is -1.21. The standard InChI is InChI=1S/C12H13FN2S/c13-10-4-1-2-5-11(10)15-12(8-14)6-3-7-16-9-12/h1-2,4-5,15H,3,6-7,9H2. The number of rotatable bonds is 2. The number of hydrogen-bond donors (Lipinski definition) is 1. The van der Waals surface area contributed by atoms with Gasteiger partial charge in [0.05, 0.1) is 11.8 Å². The maximum Gasteiger partial charge on any atom is 0.146 e. The summed E-state index contributed by atoms with van der Waals surface area (Å²) in [6.07, 6.45) is 1.78. The van der Waals surface area contributed by atoms with Crippen molar-refractivity contribution in [3.63, 3.8) is 0 Å². The average Bonchev–Trinajstić information content (AvgIpc) is 2.33. The highest BCUT2D eigenvalue weighted by Gasteiger charge is 2.32. The SMILES string of the molecule is N#CC1(Nc2ccccc2F)CCCSC1. The Bertz CT molecular complexity index is 408. The van der Waals surface area contributed by atoms with E-state index in [0.29, 0.717) is 5.69 Å². The first-order chi connectivity index (χ1) is 7.76. The van der Waals surface area contributed by atoms with Crippen LogP contribution >= 0.6 is 11.8 Å². The number of nitrogens with one attached hydrogen (secondary N) is 1. The quantitative estimate of drug-likeness (QED) is 0.857. The summed E-state index contributed by atoms with van der Waals surface area (Å²) in [6, 6.07) is 8.79. The van der Waals surface area contributed by atoms with Gasteiger partial charge in [-0.3, -0.25) is 0 Å². The molecule has 1 fully saturated rings. The van der Waals surface area contributed by atoms with E-state index in [1.54, 1.807) is 30.0 Å². The van der Waals surface area contributed by atoms with Gasteiger partial charge < -0.3 is 5.32 Å². The number of thioether (sulfide) groups is 1. The van der Waals surface area contributed by atoms with E-state index < -0.39 is 5.54 Å². The molecule has 1 atom stereocenters. The monoisotopic (exact) mass is 236 g/mol. The van der Waals surface area contributed by atoms with Crippen LogP contribution < -0.4 is 5.32 Å². The molecule has 0 aliphatic carbocycles. The second-order valence-electron chi connectivity index (χ2n) is 3.95. The van der Waals surface area contributed by atoms with Gasteiger partial charge in [0.25, 0.3) is 0 Å². The first kappa shape index (κ1) is 11.3. The van der Waals surface area contributed by atoms with E-state index in [9.17, 15) is 9.65 Å². The van der Waals surface area contributed by atoms with Crippen LogP contribution in [-0.2, 0) is 0 Å². The van der Waals surface area contributed by atoms with Gasteiger partial charge in [-0.25, -0.2) is 4.39 Å². The minimum Gasteiger partial charge on any atom is -0.364 e. The molecule has 1 aliphatic rings. The van der Waals surface area contributed by atoms with Gasteiger partial charge in [0.2, 0.25) is 0 Å². The highest BCUT2D eigenvalue weighted by Crippen LogP contribution is 2.30.